The van der Waals surface area contributed by atoms with Crippen LogP contribution in [0.25, 0.3) is 11.3 Å². The molecule has 0 aliphatic heterocycles. The number of rotatable bonds is 9. The van der Waals surface area contributed by atoms with Gasteiger partial charge in [0, 0.05) is 49.0 Å². The van der Waals surface area contributed by atoms with Crippen molar-refractivity contribution in [3.8, 4) is 11.3 Å². The van der Waals surface area contributed by atoms with E-state index in [2.05, 4.69) is 25.4 Å². The molecule has 0 aliphatic carbocycles. The minimum atomic E-state index is -0.129. The predicted octanol–water partition coefficient (Wildman–Crippen LogP) is 5.45. The van der Waals surface area contributed by atoms with Crippen molar-refractivity contribution in [1.29, 1.82) is 0 Å². The first kappa shape index (κ1) is 25.2. The van der Waals surface area contributed by atoms with Crippen LogP contribution in [0.3, 0.4) is 0 Å². The van der Waals surface area contributed by atoms with Crippen LogP contribution < -0.4 is 0 Å². The number of nitrogens with zero attached hydrogens (tertiary/aromatic N) is 5. The average Bonchev–Trinajstić information content (AvgIpc) is 3.38. The van der Waals surface area contributed by atoms with E-state index in [1.54, 1.807) is 30.7 Å². The largest absolute Gasteiger partial charge is 0.294 e. The molecule has 3 heterocycles. The minimum Gasteiger partial charge on any atom is -0.294 e. The van der Waals surface area contributed by atoms with E-state index in [1.807, 2.05) is 56.3 Å². The van der Waals surface area contributed by atoms with Crippen LogP contribution in [-0.4, -0.2) is 35.9 Å². The predicted molar refractivity (Wildman–Crippen MR) is 146 cm³/mol. The van der Waals surface area contributed by atoms with E-state index in [0.717, 1.165) is 38.5 Å². The zero-order chi connectivity index (χ0) is 26.5. The number of aromatic nitrogens is 5. The summed E-state index contributed by atoms with van der Waals surface area (Å²) >= 11 is 1.22. The Morgan fingerprint density at radius 3 is 2.37 bits per heavy atom. The summed E-state index contributed by atoms with van der Waals surface area (Å²) in [7, 11) is 0. The van der Waals surface area contributed by atoms with Gasteiger partial charge in [-0.15, -0.1) is 0 Å². The molecule has 0 aliphatic rings. The van der Waals surface area contributed by atoms with Crippen molar-refractivity contribution in [2.45, 2.75) is 33.1 Å². The zero-order valence-corrected chi connectivity index (χ0v) is 21.9. The van der Waals surface area contributed by atoms with Crippen LogP contribution in [0.4, 0.5) is 0 Å². The van der Waals surface area contributed by atoms with E-state index >= 15 is 0 Å². The summed E-state index contributed by atoms with van der Waals surface area (Å²) in [6.07, 6.45) is 6.34. The molecule has 188 valence electrons. The second-order valence-electron chi connectivity index (χ2n) is 9.07. The van der Waals surface area contributed by atoms with Gasteiger partial charge in [-0.2, -0.15) is 4.37 Å². The topological polar surface area (TPSA) is 98.6 Å². The molecule has 0 fully saturated rings. The second kappa shape index (κ2) is 11.3. The molecular formula is C30H25N5O2S. The maximum Gasteiger partial charge on any atom is 0.209 e. The highest BCUT2D eigenvalue weighted by Crippen LogP contribution is 2.19. The fourth-order valence-electron chi connectivity index (χ4n) is 4.13. The standard InChI is InChI=1S/C30H25N5O2S/c1-19-5-6-22(14-25(19)17-29-32-13-11-26(34-29)24-4-3-12-31-18-24)16-27(36)23-9-7-21(8-10-23)15-28(37)30-33-20(2)38-35-30/h3-14,18H,15-17H2,1-2H3. The van der Waals surface area contributed by atoms with Gasteiger partial charge >= 0.3 is 0 Å². The molecule has 0 saturated carbocycles. The minimum absolute atomic E-state index is 0.0179. The number of carbonyl (C=O) groups excluding carboxylic acids is 2. The lowest BCUT2D eigenvalue weighted by atomic mass is 9.96. The molecule has 0 atom stereocenters. The summed E-state index contributed by atoms with van der Waals surface area (Å²) < 4.78 is 4.08. The Morgan fingerprint density at radius 1 is 0.842 bits per heavy atom. The van der Waals surface area contributed by atoms with Crippen LogP contribution in [-0.2, 0) is 19.3 Å². The SMILES string of the molecule is Cc1nc(C(=O)Cc2ccc(C(=O)Cc3ccc(C)c(Cc4nccc(-c5cccnc5)n4)c3)cc2)ns1. The van der Waals surface area contributed by atoms with E-state index in [4.69, 9.17) is 4.98 Å². The molecule has 0 radical (unpaired) electrons. The van der Waals surface area contributed by atoms with Gasteiger partial charge in [-0.3, -0.25) is 14.6 Å². The summed E-state index contributed by atoms with van der Waals surface area (Å²) in [5, 5.41) is 0.763. The molecule has 5 rings (SSSR count). The molecule has 0 amide bonds. The third kappa shape index (κ3) is 6.10. The second-order valence-corrected chi connectivity index (χ2v) is 10.0. The molecule has 0 saturated heterocycles. The monoisotopic (exact) mass is 519 g/mol. The number of hydrogen-bond acceptors (Lipinski definition) is 8. The molecule has 0 spiro atoms. The van der Waals surface area contributed by atoms with Gasteiger partial charge in [0.1, 0.15) is 10.8 Å². The van der Waals surface area contributed by atoms with Crippen molar-refractivity contribution >= 4 is 23.1 Å². The lowest BCUT2D eigenvalue weighted by Gasteiger charge is -2.10. The number of Topliss-reactive ketones (excluding diaryl/α,β-unsaturated/α-hetero) is 2. The highest BCUT2D eigenvalue weighted by atomic mass is 32.1. The highest BCUT2D eigenvalue weighted by molar-refractivity contribution is 7.05. The zero-order valence-electron chi connectivity index (χ0n) is 21.1. The number of hydrogen-bond donors (Lipinski definition) is 0. The van der Waals surface area contributed by atoms with E-state index < -0.39 is 0 Å². The summed E-state index contributed by atoms with van der Waals surface area (Å²) in [6, 6.07) is 19.0. The summed E-state index contributed by atoms with van der Waals surface area (Å²) in [6.45, 7) is 3.87. The molecule has 3 aromatic heterocycles. The van der Waals surface area contributed by atoms with Crippen LogP contribution in [0.5, 0.6) is 0 Å². The van der Waals surface area contributed by atoms with Crippen molar-refractivity contribution < 1.29 is 9.59 Å². The Labute approximate surface area is 224 Å². The maximum atomic E-state index is 13.0. The average molecular weight is 520 g/mol. The van der Waals surface area contributed by atoms with Crippen LogP contribution in [0.15, 0.2) is 79.3 Å². The van der Waals surface area contributed by atoms with Gasteiger partial charge in [-0.05, 0) is 65.8 Å². The first-order valence-electron chi connectivity index (χ1n) is 12.2. The van der Waals surface area contributed by atoms with Crippen LogP contribution in [0, 0.1) is 13.8 Å². The molecule has 38 heavy (non-hydrogen) atoms. The molecule has 0 bridgehead atoms. The van der Waals surface area contributed by atoms with Gasteiger partial charge in [0.05, 0.1) is 5.69 Å². The Hall–Kier alpha value is -4.43. The summed E-state index contributed by atoms with van der Waals surface area (Å²) in [4.78, 5) is 42.9. The Balaban J connectivity index is 1.25. The molecule has 8 heteroatoms. The number of pyridine rings is 1. The smallest absolute Gasteiger partial charge is 0.209 e. The molecule has 7 nitrogen and oxygen atoms in total. The van der Waals surface area contributed by atoms with Crippen LogP contribution in [0.1, 0.15) is 54.1 Å². The van der Waals surface area contributed by atoms with Crippen molar-refractivity contribution in [2.24, 2.45) is 0 Å². The van der Waals surface area contributed by atoms with Gasteiger partial charge in [-0.25, -0.2) is 15.0 Å². The molecule has 0 unspecified atom stereocenters. The third-order valence-electron chi connectivity index (χ3n) is 6.21. The fraction of sp³-hybridized carbons (Fsp3) is 0.167. The quantitative estimate of drug-likeness (QED) is 0.239. The highest BCUT2D eigenvalue weighted by Gasteiger charge is 2.14. The molecule has 5 aromatic rings. The van der Waals surface area contributed by atoms with Gasteiger partial charge in [0.15, 0.2) is 5.78 Å². The van der Waals surface area contributed by atoms with Crippen molar-refractivity contribution in [3.63, 3.8) is 0 Å². The van der Waals surface area contributed by atoms with Crippen LogP contribution in [0.2, 0.25) is 0 Å². The van der Waals surface area contributed by atoms with E-state index in [-0.39, 0.29) is 30.2 Å². The Kier molecular flexibility index (Phi) is 7.51. The number of benzene rings is 2. The number of aryl methyl sites for hydroxylation is 2. The van der Waals surface area contributed by atoms with Crippen LogP contribution >= 0.6 is 11.5 Å². The normalized spacial score (nSPS) is 10.9. The Bertz CT molecular complexity index is 1600. The van der Waals surface area contributed by atoms with Crippen molar-refractivity contribution in [3.05, 3.63) is 124 Å². The van der Waals surface area contributed by atoms with E-state index in [1.165, 1.54) is 11.5 Å². The van der Waals surface area contributed by atoms with Gasteiger partial charge in [0.2, 0.25) is 11.6 Å². The number of ketones is 2. The fourth-order valence-corrected chi connectivity index (χ4v) is 4.62. The first-order chi connectivity index (χ1) is 18.4. The third-order valence-corrected chi connectivity index (χ3v) is 6.83. The van der Waals surface area contributed by atoms with Crippen molar-refractivity contribution in [2.75, 3.05) is 0 Å². The summed E-state index contributed by atoms with van der Waals surface area (Å²) in [5.41, 5.74) is 6.34. The number of carbonyl (C=O) groups is 2. The Morgan fingerprint density at radius 2 is 1.63 bits per heavy atom. The van der Waals surface area contributed by atoms with Gasteiger partial charge in [0.25, 0.3) is 0 Å². The summed E-state index contributed by atoms with van der Waals surface area (Å²) in [5.74, 6) is 0.850. The van der Waals surface area contributed by atoms with E-state index in [0.29, 0.717) is 17.8 Å². The first-order valence-corrected chi connectivity index (χ1v) is 13.0. The molecular weight excluding hydrogens is 494 g/mol. The van der Waals surface area contributed by atoms with Gasteiger partial charge in [-0.1, -0.05) is 42.5 Å². The molecule has 2 aromatic carbocycles. The maximum absolute atomic E-state index is 13.0. The van der Waals surface area contributed by atoms with E-state index in [9.17, 15) is 9.59 Å². The molecule has 0 N–H and O–H groups in total. The lowest BCUT2D eigenvalue weighted by Crippen LogP contribution is -2.07. The van der Waals surface area contributed by atoms with Gasteiger partial charge < -0.3 is 0 Å². The lowest BCUT2D eigenvalue weighted by molar-refractivity contribution is 0.0981. The van der Waals surface area contributed by atoms with Crippen molar-refractivity contribution in [1.82, 2.24) is 24.3 Å².